The molecule has 25 heavy (non-hydrogen) atoms. The van der Waals surface area contributed by atoms with Gasteiger partial charge in [-0.1, -0.05) is 0 Å². The van der Waals surface area contributed by atoms with Gasteiger partial charge in [-0.3, -0.25) is 0 Å². The van der Waals surface area contributed by atoms with E-state index in [1.165, 1.54) is 12.1 Å². The van der Waals surface area contributed by atoms with E-state index < -0.39 is 0 Å². The van der Waals surface area contributed by atoms with Crippen molar-refractivity contribution >= 4 is 21.9 Å². The zero-order valence-corrected chi connectivity index (χ0v) is 14.5. The summed E-state index contributed by atoms with van der Waals surface area (Å²) in [5, 5.41) is 17.2. The predicted molar refractivity (Wildman–Crippen MR) is 87.4 cm³/mol. The normalized spacial score (nSPS) is 15.5. The second-order valence-electron chi connectivity index (χ2n) is 5.53. The van der Waals surface area contributed by atoms with Gasteiger partial charge in [0.25, 0.3) is 11.8 Å². The third-order valence-corrected chi connectivity index (χ3v) is 4.53. The van der Waals surface area contributed by atoms with Crippen molar-refractivity contribution in [1.82, 2.24) is 30.8 Å². The molecule has 0 radical (unpaired) electrons. The lowest BCUT2D eigenvalue weighted by Crippen LogP contribution is -2.38. The Morgan fingerprint density at radius 3 is 2.92 bits per heavy atom. The number of aromatic amines is 1. The third kappa shape index (κ3) is 3.45. The Balaban J connectivity index is 1.38. The van der Waals surface area contributed by atoms with Crippen molar-refractivity contribution in [3.05, 3.63) is 28.5 Å². The number of hydrogen-bond acceptors (Lipinski definition) is 8. The summed E-state index contributed by atoms with van der Waals surface area (Å²) in [6, 6.07) is 4.41. The molecule has 130 valence electrons. The van der Waals surface area contributed by atoms with E-state index in [4.69, 9.17) is 9.26 Å². The van der Waals surface area contributed by atoms with Gasteiger partial charge in [-0.2, -0.15) is 4.98 Å². The molecule has 0 unspecified atom stereocenters. The van der Waals surface area contributed by atoms with E-state index >= 15 is 0 Å². The summed E-state index contributed by atoms with van der Waals surface area (Å²) < 4.78 is 25.2. The first-order valence-corrected chi connectivity index (χ1v) is 8.43. The van der Waals surface area contributed by atoms with Crippen molar-refractivity contribution in [2.24, 2.45) is 0 Å². The highest BCUT2D eigenvalue weighted by Crippen LogP contribution is 2.29. The fraction of sp³-hybridized carbons (Fsp3) is 0.357. The fourth-order valence-corrected chi connectivity index (χ4v) is 2.95. The van der Waals surface area contributed by atoms with E-state index in [1.807, 2.05) is 4.90 Å². The molecular weight excluding hydrogens is 397 g/mol. The minimum atomic E-state index is -0.322. The number of halogens is 2. The molecule has 11 heteroatoms. The SMILES string of the molecule is Fc1ccc(Br)c(OC2CCN(c3noc(-c4nnn[nH]4)n3)CC2)c1. The van der Waals surface area contributed by atoms with Crippen LogP contribution in [0.15, 0.2) is 27.2 Å². The zero-order chi connectivity index (χ0) is 17.2. The van der Waals surface area contributed by atoms with E-state index in [1.54, 1.807) is 6.07 Å². The van der Waals surface area contributed by atoms with Crippen LogP contribution < -0.4 is 9.64 Å². The van der Waals surface area contributed by atoms with Crippen LogP contribution in [0.2, 0.25) is 0 Å². The topological polar surface area (TPSA) is 106 Å². The largest absolute Gasteiger partial charge is 0.489 e. The predicted octanol–water partition coefficient (Wildman–Crippen LogP) is 2.20. The number of nitrogens with zero attached hydrogens (tertiary/aromatic N) is 6. The first-order valence-electron chi connectivity index (χ1n) is 7.63. The maximum atomic E-state index is 13.4. The molecule has 0 aliphatic carbocycles. The van der Waals surface area contributed by atoms with Gasteiger partial charge in [0.2, 0.25) is 5.82 Å². The van der Waals surface area contributed by atoms with E-state index in [9.17, 15) is 4.39 Å². The molecule has 0 bridgehead atoms. The van der Waals surface area contributed by atoms with Crippen LogP contribution in [0.3, 0.4) is 0 Å². The van der Waals surface area contributed by atoms with E-state index in [2.05, 4.69) is 46.7 Å². The van der Waals surface area contributed by atoms with Crippen LogP contribution in [-0.4, -0.2) is 50.0 Å². The summed E-state index contributed by atoms with van der Waals surface area (Å²) in [7, 11) is 0. The van der Waals surface area contributed by atoms with Crippen molar-refractivity contribution < 1.29 is 13.7 Å². The van der Waals surface area contributed by atoms with E-state index in [-0.39, 0.29) is 17.8 Å². The Labute approximate surface area is 149 Å². The third-order valence-electron chi connectivity index (χ3n) is 3.87. The maximum Gasteiger partial charge on any atom is 0.298 e. The molecule has 1 aliphatic heterocycles. The average Bonchev–Trinajstić information content (AvgIpc) is 3.30. The highest BCUT2D eigenvalue weighted by molar-refractivity contribution is 9.10. The van der Waals surface area contributed by atoms with Gasteiger partial charge in [0.05, 0.1) is 4.47 Å². The summed E-state index contributed by atoms with van der Waals surface area (Å²) in [4.78, 5) is 6.28. The molecule has 9 nitrogen and oxygen atoms in total. The van der Waals surface area contributed by atoms with Gasteiger partial charge in [-0.15, -0.1) is 5.10 Å². The van der Waals surface area contributed by atoms with Gasteiger partial charge < -0.3 is 14.2 Å². The number of aromatic nitrogens is 6. The number of H-pyrrole nitrogens is 1. The molecule has 1 fully saturated rings. The van der Waals surface area contributed by atoms with Crippen LogP contribution >= 0.6 is 15.9 Å². The van der Waals surface area contributed by atoms with Crippen LogP contribution in [-0.2, 0) is 0 Å². The Bertz CT molecular complexity index is 849. The van der Waals surface area contributed by atoms with Crippen LogP contribution in [0, 0.1) is 5.82 Å². The Hall–Kier alpha value is -2.56. The lowest BCUT2D eigenvalue weighted by atomic mass is 10.1. The van der Waals surface area contributed by atoms with Gasteiger partial charge in [0, 0.05) is 32.0 Å². The molecule has 2 aromatic heterocycles. The number of anilines is 1. The maximum absolute atomic E-state index is 13.4. The summed E-state index contributed by atoms with van der Waals surface area (Å²) in [6.45, 7) is 1.40. The van der Waals surface area contributed by atoms with E-state index in [0.717, 1.165) is 17.3 Å². The number of benzene rings is 1. The van der Waals surface area contributed by atoms with Crippen molar-refractivity contribution in [3.8, 4) is 17.5 Å². The summed E-state index contributed by atoms with van der Waals surface area (Å²) in [5.41, 5.74) is 0. The highest BCUT2D eigenvalue weighted by Gasteiger charge is 2.25. The van der Waals surface area contributed by atoms with Gasteiger partial charge in [-0.05, 0) is 43.6 Å². The standard InChI is InChI=1S/C14H13BrFN7O2/c15-10-2-1-8(16)7-11(10)24-9-3-5-23(6-4-9)14-17-13(25-20-14)12-18-21-22-19-12/h1-2,7,9H,3-6H2,(H,18,19,21,22). The Morgan fingerprint density at radius 2 is 2.16 bits per heavy atom. The van der Waals surface area contributed by atoms with Crippen LogP contribution in [0.1, 0.15) is 12.8 Å². The first-order chi connectivity index (χ1) is 12.2. The fourth-order valence-electron chi connectivity index (χ4n) is 2.61. The molecule has 1 saturated heterocycles. The second kappa shape index (κ2) is 6.75. The van der Waals surface area contributed by atoms with Gasteiger partial charge in [-0.25, -0.2) is 9.49 Å². The number of piperidine rings is 1. The number of ether oxygens (including phenoxy) is 1. The van der Waals surface area contributed by atoms with Crippen molar-refractivity contribution in [1.29, 1.82) is 0 Å². The van der Waals surface area contributed by atoms with E-state index in [0.29, 0.717) is 30.6 Å². The molecule has 3 heterocycles. The zero-order valence-electron chi connectivity index (χ0n) is 12.9. The summed E-state index contributed by atoms with van der Waals surface area (Å²) in [6.07, 6.45) is 1.52. The van der Waals surface area contributed by atoms with Crippen molar-refractivity contribution in [2.45, 2.75) is 18.9 Å². The van der Waals surface area contributed by atoms with Crippen LogP contribution in [0.4, 0.5) is 10.3 Å². The average molecular weight is 410 g/mol. The molecule has 0 saturated carbocycles. The lowest BCUT2D eigenvalue weighted by Gasteiger charge is -2.31. The van der Waals surface area contributed by atoms with Gasteiger partial charge in [0.15, 0.2) is 0 Å². The molecule has 1 aromatic carbocycles. The first kappa shape index (κ1) is 15.9. The molecule has 4 rings (SSSR count). The molecule has 0 amide bonds. The van der Waals surface area contributed by atoms with Gasteiger partial charge >= 0.3 is 0 Å². The molecule has 3 aromatic rings. The molecule has 0 spiro atoms. The number of rotatable bonds is 4. The molecule has 1 aliphatic rings. The molecule has 0 atom stereocenters. The van der Waals surface area contributed by atoms with Crippen molar-refractivity contribution in [3.63, 3.8) is 0 Å². The smallest absolute Gasteiger partial charge is 0.298 e. The monoisotopic (exact) mass is 409 g/mol. The minimum Gasteiger partial charge on any atom is -0.489 e. The minimum absolute atomic E-state index is 0.000745. The summed E-state index contributed by atoms with van der Waals surface area (Å²) >= 11 is 3.37. The number of tetrazole rings is 1. The Morgan fingerprint density at radius 1 is 1.32 bits per heavy atom. The van der Waals surface area contributed by atoms with Crippen LogP contribution in [0.5, 0.6) is 5.75 Å². The molecule has 1 N–H and O–H groups in total. The van der Waals surface area contributed by atoms with Gasteiger partial charge in [0.1, 0.15) is 17.7 Å². The number of hydrogen-bond donors (Lipinski definition) is 1. The Kier molecular flexibility index (Phi) is 4.30. The van der Waals surface area contributed by atoms with Crippen molar-refractivity contribution in [2.75, 3.05) is 18.0 Å². The lowest BCUT2D eigenvalue weighted by molar-refractivity contribution is 0.168. The highest BCUT2D eigenvalue weighted by atomic mass is 79.9. The van der Waals surface area contributed by atoms with Crippen LogP contribution in [0.25, 0.3) is 11.7 Å². The quantitative estimate of drug-likeness (QED) is 0.698. The summed E-state index contributed by atoms with van der Waals surface area (Å²) in [5.74, 6) is 1.24. The number of nitrogens with one attached hydrogen (secondary N) is 1. The molecular formula is C14H13BrFN7O2. The second-order valence-corrected chi connectivity index (χ2v) is 6.38.